The molecule has 0 aliphatic heterocycles. The van der Waals surface area contributed by atoms with Gasteiger partial charge in [0.2, 0.25) is 0 Å². The predicted molar refractivity (Wildman–Crippen MR) is 185 cm³/mol. The van der Waals surface area contributed by atoms with Crippen molar-refractivity contribution >= 4 is 54.7 Å². The molecule has 2 atom stereocenters. The summed E-state index contributed by atoms with van der Waals surface area (Å²) < 4.78 is 4.62. The normalized spacial score (nSPS) is 12.5. The third-order valence-corrected chi connectivity index (χ3v) is 12.9. The third-order valence-electron chi connectivity index (χ3n) is 7.41. The Labute approximate surface area is 280 Å². The average Bonchev–Trinajstić information content (AvgIpc) is 3.44. The summed E-state index contributed by atoms with van der Waals surface area (Å²) in [6.45, 7) is 14.5. The molecule has 4 rings (SSSR count). The van der Waals surface area contributed by atoms with E-state index in [9.17, 15) is 29.4 Å². The highest BCUT2D eigenvalue weighted by atomic mass is 32.2. The zero-order chi connectivity index (χ0) is 34.8. The molecule has 2 amide bonds. The van der Waals surface area contributed by atoms with E-state index >= 15 is 0 Å². The summed E-state index contributed by atoms with van der Waals surface area (Å²) in [6, 6.07) is 18.2. The Morgan fingerprint density at radius 1 is 0.617 bits per heavy atom. The fourth-order valence-electron chi connectivity index (χ4n) is 5.91. The van der Waals surface area contributed by atoms with Crippen molar-refractivity contribution in [3.63, 3.8) is 0 Å². The van der Waals surface area contributed by atoms with Gasteiger partial charge in [-0.2, -0.15) is 0 Å². The first-order chi connectivity index (χ1) is 21.9. The SMILES string of the molecule is Cc1c(-c2ccccc2)c(C(=O)[O-])c(NC(=O)COCC(=O)Nc2c(C(=O)[O-])c(-c3ccccc3)c(C)[s+]2C(C)(C)C)[s+]1C(C)(C)C. The summed E-state index contributed by atoms with van der Waals surface area (Å²) in [5, 5.41) is 31.0. The Bertz CT molecular complexity index is 1690. The first-order valence-electron chi connectivity index (χ1n) is 15.1. The molecule has 0 spiro atoms. The maximum atomic E-state index is 13.2. The van der Waals surface area contributed by atoms with E-state index in [0.717, 1.165) is 9.75 Å². The lowest BCUT2D eigenvalue weighted by molar-refractivity contribution is -0.255. The lowest BCUT2D eigenvalue weighted by atomic mass is 10.0. The van der Waals surface area contributed by atoms with Crippen molar-refractivity contribution in [2.45, 2.75) is 64.9 Å². The van der Waals surface area contributed by atoms with Crippen LogP contribution in [0.2, 0.25) is 0 Å². The first-order valence-corrected chi connectivity index (χ1v) is 17.5. The first kappa shape index (κ1) is 35.5. The average molecular weight is 677 g/mol. The number of hydrogen-bond acceptors (Lipinski definition) is 7. The van der Waals surface area contributed by atoms with Gasteiger partial charge in [0.1, 0.15) is 22.7 Å². The number of aromatic carboxylic acids is 2. The summed E-state index contributed by atoms with van der Waals surface area (Å²) >= 11 is 0. The number of carbonyl (C=O) groups excluding carboxylic acids is 4. The number of carboxylic acids is 2. The number of carbonyl (C=O) groups is 4. The molecule has 0 bridgehead atoms. The second-order valence-electron chi connectivity index (χ2n) is 13.0. The number of nitrogens with one attached hydrogen (secondary N) is 2. The Hall–Kier alpha value is -4.32. The molecule has 0 aliphatic rings. The van der Waals surface area contributed by atoms with Crippen LogP contribution in [0, 0.1) is 13.8 Å². The van der Waals surface area contributed by atoms with E-state index in [1.54, 1.807) is 0 Å². The summed E-state index contributed by atoms with van der Waals surface area (Å²) in [7, 11) is -1.58. The quantitative estimate of drug-likeness (QED) is 0.197. The van der Waals surface area contributed by atoms with E-state index in [4.69, 9.17) is 4.74 Å². The zero-order valence-corrected chi connectivity index (χ0v) is 29.5. The van der Waals surface area contributed by atoms with Gasteiger partial charge in [-0.3, -0.25) is 20.2 Å². The number of benzene rings is 2. The number of anilines is 2. The largest absolute Gasteiger partial charge is 0.545 e. The van der Waals surface area contributed by atoms with E-state index in [0.29, 0.717) is 22.3 Å². The minimum Gasteiger partial charge on any atom is -0.545 e. The molecule has 0 saturated carbocycles. The molecule has 11 heteroatoms. The van der Waals surface area contributed by atoms with Crippen molar-refractivity contribution in [1.29, 1.82) is 0 Å². The zero-order valence-electron chi connectivity index (χ0n) is 27.9. The highest BCUT2D eigenvalue weighted by Crippen LogP contribution is 2.55. The Morgan fingerprint density at radius 3 is 1.21 bits per heavy atom. The van der Waals surface area contributed by atoms with Gasteiger partial charge in [0.15, 0.2) is 9.75 Å². The highest BCUT2D eigenvalue weighted by Gasteiger charge is 2.41. The number of thiophene rings is 2. The molecule has 2 heterocycles. The molecule has 2 aromatic carbocycles. The summed E-state index contributed by atoms with van der Waals surface area (Å²) in [5.74, 6) is -4.08. The van der Waals surface area contributed by atoms with Gasteiger partial charge in [0.05, 0.1) is 34.2 Å². The van der Waals surface area contributed by atoms with E-state index in [2.05, 4.69) is 10.6 Å². The Morgan fingerprint density at radius 2 is 0.936 bits per heavy atom. The summed E-state index contributed by atoms with van der Waals surface area (Å²) in [6.07, 6.45) is 0. The van der Waals surface area contributed by atoms with Crippen molar-refractivity contribution in [2.24, 2.45) is 0 Å². The standard InChI is InChI=1S/C36H40N2O7S2/c1-21-27(23-15-11-9-12-16-23)29(33(41)42)31(46(21)35(3,4)5)37-25(39)19-45-20-26(40)38-32-30(34(43)44)28(24-17-13-10-14-18-24)22(2)47(32)36(6,7)8/h9-18H,19-20H2,1-8H3,(H2-2,37,38,39,40,41,42,43,44). The van der Waals surface area contributed by atoms with Crippen LogP contribution in [0.1, 0.15) is 72.0 Å². The van der Waals surface area contributed by atoms with Gasteiger partial charge in [-0.05, 0) is 52.7 Å². The van der Waals surface area contributed by atoms with Crippen LogP contribution in [-0.2, 0) is 23.8 Å². The van der Waals surface area contributed by atoms with Gasteiger partial charge in [-0.15, -0.1) is 0 Å². The lowest BCUT2D eigenvalue weighted by Gasteiger charge is -2.14. The van der Waals surface area contributed by atoms with Crippen molar-refractivity contribution in [3.8, 4) is 22.3 Å². The van der Waals surface area contributed by atoms with Crippen molar-refractivity contribution in [3.05, 3.63) is 81.5 Å². The van der Waals surface area contributed by atoms with Gasteiger partial charge < -0.3 is 24.5 Å². The molecule has 0 aliphatic carbocycles. The Kier molecular flexibility index (Phi) is 10.4. The molecule has 0 saturated heterocycles. The Balaban J connectivity index is 1.58. The molecule has 4 aromatic rings. The second-order valence-corrected chi connectivity index (χ2v) is 18.7. The number of carboxylic acid groups (broad SMARTS) is 2. The van der Waals surface area contributed by atoms with E-state index in [1.807, 2.05) is 116 Å². The highest BCUT2D eigenvalue weighted by molar-refractivity contribution is 7.37. The monoisotopic (exact) mass is 676 g/mol. The molecule has 248 valence electrons. The van der Waals surface area contributed by atoms with Gasteiger partial charge >= 0.3 is 0 Å². The third kappa shape index (κ3) is 7.48. The molecule has 9 nitrogen and oxygen atoms in total. The van der Waals surface area contributed by atoms with Crippen LogP contribution < -0.4 is 20.8 Å². The van der Waals surface area contributed by atoms with Crippen LogP contribution in [0.25, 0.3) is 22.3 Å². The molecule has 2 unspecified atom stereocenters. The van der Waals surface area contributed by atoms with E-state index in [-0.39, 0.29) is 21.1 Å². The molecule has 0 fully saturated rings. The molecule has 2 aromatic heterocycles. The van der Waals surface area contributed by atoms with Crippen molar-refractivity contribution in [1.82, 2.24) is 0 Å². The number of ether oxygens (including phenoxy) is 1. The fourth-order valence-corrected chi connectivity index (χ4v) is 11.6. The lowest BCUT2D eigenvalue weighted by Crippen LogP contribution is -2.28. The molecule has 47 heavy (non-hydrogen) atoms. The predicted octanol–water partition coefficient (Wildman–Crippen LogP) is 5.97. The van der Waals surface area contributed by atoms with E-state index < -0.39 is 67.4 Å². The van der Waals surface area contributed by atoms with Gasteiger partial charge in [-0.1, -0.05) is 60.7 Å². The fraction of sp³-hybridized carbons (Fsp3) is 0.333. The summed E-state index contributed by atoms with van der Waals surface area (Å²) in [4.78, 5) is 52.9. The smallest absolute Gasteiger partial charge is 0.257 e. The van der Waals surface area contributed by atoms with Gasteiger partial charge in [0.25, 0.3) is 21.8 Å². The topological polar surface area (TPSA) is 148 Å². The van der Waals surface area contributed by atoms with Gasteiger partial charge in [-0.25, -0.2) is 0 Å². The van der Waals surface area contributed by atoms with Crippen molar-refractivity contribution < 1.29 is 34.1 Å². The van der Waals surface area contributed by atoms with Crippen LogP contribution in [0.3, 0.4) is 0 Å². The van der Waals surface area contributed by atoms with Crippen LogP contribution in [0.4, 0.5) is 10.0 Å². The van der Waals surface area contributed by atoms with Crippen LogP contribution >= 0.6 is 20.9 Å². The van der Waals surface area contributed by atoms with Crippen LogP contribution in [0.15, 0.2) is 60.7 Å². The molecule has 2 N–H and O–H groups in total. The second kappa shape index (κ2) is 13.8. The van der Waals surface area contributed by atoms with Crippen molar-refractivity contribution in [2.75, 3.05) is 23.8 Å². The maximum absolute atomic E-state index is 13.2. The molecular weight excluding hydrogens is 637 g/mol. The van der Waals surface area contributed by atoms with E-state index in [1.165, 1.54) is 0 Å². The number of amides is 2. The number of rotatable bonds is 10. The minimum absolute atomic E-state index is 0.0765. The van der Waals surface area contributed by atoms with Gasteiger partial charge in [0, 0.05) is 34.8 Å². The molecular formula is C36H40N2O7S2. The van der Waals surface area contributed by atoms with Crippen LogP contribution in [-0.4, -0.2) is 37.0 Å². The minimum atomic E-state index is -1.40. The maximum Gasteiger partial charge on any atom is 0.257 e. The molecule has 0 radical (unpaired) electrons. The van der Waals surface area contributed by atoms with Crippen LogP contribution in [0.5, 0.6) is 0 Å². The number of hydrogen-bond donors (Lipinski definition) is 2. The summed E-state index contributed by atoms with van der Waals surface area (Å²) in [5.41, 5.74) is 2.28.